The largest absolute Gasteiger partial charge is 0.459 e. The maximum absolute atomic E-state index is 11.0. The van der Waals surface area contributed by atoms with Crippen LogP contribution in [0.5, 0.6) is 0 Å². The first-order chi connectivity index (χ1) is 6.65. The van der Waals surface area contributed by atoms with Gasteiger partial charge in [-0.1, -0.05) is 33.3 Å². The van der Waals surface area contributed by atoms with Crippen LogP contribution in [0.25, 0.3) is 0 Å². The standard InChI is InChI=1S/C12H22O2/c1-5-8-9-11(6-2)10(4)14-12(13)7-3/h7,10-11H,3,5-6,8-9H2,1-2,4H3. The predicted octanol–water partition coefficient (Wildman–Crippen LogP) is 3.32. The van der Waals surface area contributed by atoms with E-state index < -0.39 is 0 Å². The minimum Gasteiger partial charge on any atom is -0.459 e. The second-order valence-corrected chi connectivity index (χ2v) is 3.66. The Hall–Kier alpha value is -0.790. The van der Waals surface area contributed by atoms with Gasteiger partial charge in [-0.2, -0.15) is 0 Å². The van der Waals surface area contributed by atoms with Crippen molar-refractivity contribution in [2.24, 2.45) is 5.92 Å². The van der Waals surface area contributed by atoms with Crippen LogP contribution in [0.4, 0.5) is 0 Å². The molecule has 0 saturated heterocycles. The van der Waals surface area contributed by atoms with Gasteiger partial charge in [0.2, 0.25) is 0 Å². The third kappa shape index (κ3) is 5.05. The summed E-state index contributed by atoms with van der Waals surface area (Å²) in [7, 11) is 0. The Morgan fingerprint density at radius 1 is 1.50 bits per heavy atom. The van der Waals surface area contributed by atoms with Crippen LogP contribution >= 0.6 is 0 Å². The van der Waals surface area contributed by atoms with Crippen LogP contribution in [-0.4, -0.2) is 12.1 Å². The molecule has 0 fully saturated rings. The number of esters is 1. The normalized spacial score (nSPS) is 14.5. The molecule has 0 spiro atoms. The second-order valence-electron chi connectivity index (χ2n) is 3.66. The van der Waals surface area contributed by atoms with Crippen LogP contribution in [0.3, 0.4) is 0 Å². The molecule has 14 heavy (non-hydrogen) atoms. The molecule has 82 valence electrons. The quantitative estimate of drug-likeness (QED) is 0.463. The van der Waals surface area contributed by atoms with Gasteiger partial charge in [0.15, 0.2) is 0 Å². The first-order valence-electron chi connectivity index (χ1n) is 5.48. The van der Waals surface area contributed by atoms with Crippen LogP contribution < -0.4 is 0 Å². The zero-order chi connectivity index (χ0) is 11.0. The van der Waals surface area contributed by atoms with Gasteiger partial charge < -0.3 is 4.74 Å². The monoisotopic (exact) mass is 198 g/mol. The molecule has 0 aliphatic heterocycles. The maximum atomic E-state index is 11.0. The maximum Gasteiger partial charge on any atom is 0.330 e. The summed E-state index contributed by atoms with van der Waals surface area (Å²) in [6.07, 6.45) is 5.83. The Morgan fingerprint density at radius 2 is 2.14 bits per heavy atom. The minimum atomic E-state index is -0.313. The van der Waals surface area contributed by atoms with Gasteiger partial charge in [-0.15, -0.1) is 0 Å². The third-order valence-corrected chi connectivity index (χ3v) is 2.59. The molecule has 0 amide bonds. The smallest absolute Gasteiger partial charge is 0.330 e. The molecule has 0 rings (SSSR count). The van der Waals surface area contributed by atoms with Crippen molar-refractivity contribution < 1.29 is 9.53 Å². The number of unbranched alkanes of at least 4 members (excludes halogenated alkanes) is 1. The van der Waals surface area contributed by atoms with E-state index in [9.17, 15) is 4.79 Å². The molecule has 2 heteroatoms. The van der Waals surface area contributed by atoms with Crippen molar-refractivity contribution >= 4 is 5.97 Å². The minimum absolute atomic E-state index is 0.0112. The fourth-order valence-corrected chi connectivity index (χ4v) is 1.56. The molecule has 0 N–H and O–H groups in total. The number of ether oxygens (including phenoxy) is 1. The average Bonchev–Trinajstić information content (AvgIpc) is 2.18. The SMILES string of the molecule is C=CC(=O)OC(C)C(CC)CCCC. The summed E-state index contributed by atoms with van der Waals surface area (Å²) in [4.78, 5) is 11.0. The Kier molecular flexibility index (Phi) is 7.17. The van der Waals surface area contributed by atoms with Gasteiger partial charge in [0.25, 0.3) is 0 Å². The van der Waals surface area contributed by atoms with E-state index in [1.54, 1.807) is 0 Å². The molecule has 0 aromatic rings. The first kappa shape index (κ1) is 13.2. The van der Waals surface area contributed by atoms with Gasteiger partial charge in [0, 0.05) is 6.08 Å². The van der Waals surface area contributed by atoms with Crippen molar-refractivity contribution in [3.8, 4) is 0 Å². The van der Waals surface area contributed by atoms with E-state index in [4.69, 9.17) is 4.74 Å². The number of hydrogen-bond acceptors (Lipinski definition) is 2. The number of carbonyl (C=O) groups is 1. The molecule has 2 atom stereocenters. The molecule has 2 unspecified atom stereocenters. The second kappa shape index (κ2) is 7.60. The van der Waals surface area contributed by atoms with E-state index in [0.29, 0.717) is 5.92 Å². The summed E-state index contributed by atoms with van der Waals surface area (Å²) < 4.78 is 5.19. The highest BCUT2D eigenvalue weighted by Crippen LogP contribution is 2.19. The predicted molar refractivity (Wildman–Crippen MR) is 59.1 cm³/mol. The fourth-order valence-electron chi connectivity index (χ4n) is 1.56. The van der Waals surface area contributed by atoms with Gasteiger partial charge >= 0.3 is 5.97 Å². The van der Waals surface area contributed by atoms with Gasteiger partial charge in [0.05, 0.1) is 0 Å². The lowest BCUT2D eigenvalue weighted by Crippen LogP contribution is -2.22. The Balaban J connectivity index is 3.95. The lowest BCUT2D eigenvalue weighted by molar-refractivity contribution is -0.144. The molecule has 0 aromatic carbocycles. The van der Waals surface area contributed by atoms with Crippen molar-refractivity contribution in [2.75, 3.05) is 0 Å². The molecular formula is C12H22O2. The van der Waals surface area contributed by atoms with Crippen LogP contribution in [0.15, 0.2) is 12.7 Å². The molecular weight excluding hydrogens is 176 g/mol. The lowest BCUT2D eigenvalue weighted by atomic mass is 9.94. The lowest BCUT2D eigenvalue weighted by Gasteiger charge is -2.22. The topological polar surface area (TPSA) is 26.3 Å². The van der Waals surface area contributed by atoms with Crippen molar-refractivity contribution in [1.82, 2.24) is 0 Å². The van der Waals surface area contributed by atoms with Gasteiger partial charge in [-0.25, -0.2) is 4.79 Å². The molecule has 0 heterocycles. The zero-order valence-corrected chi connectivity index (χ0v) is 9.58. The summed E-state index contributed by atoms with van der Waals surface area (Å²) in [6.45, 7) is 9.66. The van der Waals surface area contributed by atoms with E-state index in [-0.39, 0.29) is 12.1 Å². The van der Waals surface area contributed by atoms with Crippen molar-refractivity contribution in [1.29, 1.82) is 0 Å². The molecule has 0 aliphatic carbocycles. The molecule has 0 aliphatic rings. The van der Waals surface area contributed by atoms with Crippen LogP contribution in [0, 0.1) is 5.92 Å². The molecule has 0 saturated carbocycles. The van der Waals surface area contributed by atoms with E-state index >= 15 is 0 Å². The third-order valence-electron chi connectivity index (χ3n) is 2.59. The van der Waals surface area contributed by atoms with Crippen molar-refractivity contribution in [3.63, 3.8) is 0 Å². The van der Waals surface area contributed by atoms with Gasteiger partial charge in [-0.3, -0.25) is 0 Å². The molecule has 0 aromatic heterocycles. The van der Waals surface area contributed by atoms with Gasteiger partial charge in [-0.05, 0) is 25.7 Å². The number of carbonyl (C=O) groups excluding carboxylic acids is 1. The van der Waals surface area contributed by atoms with Crippen LogP contribution in [0.1, 0.15) is 46.5 Å². The van der Waals surface area contributed by atoms with E-state index in [1.165, 1.54) is 18.9 Å². The van der Waals surface area contributed by atoms with Crippen molar-refractivity contribution in [2.45, 2.75) is 52.6 Å². The van der Waals surface area contributed by atoms with Crippen molar-refractivity contribution in [3.05, 3.63) is 12.7 Å². The summed E-state index contributed by atoms with van der Waals surface area (Å²) in [5.74, 6) is 0.172. The molecule has 0 radical (unpaired) electrons. The Morgan fingerprint density at radius 3 is 2.57 bits per heavy atom. The summed E-state index contributed by atoms with van der Waals surface area (Å²) in [5, 5.41) is 0. The Labute approximate surface area is 87.3 Å². The summed E-state index contributed by atoms with van der Waals surface area (Å²) in [5.41, 5.74) is 0. The first-order valence-corrected chi connectivity index (χ1v) is 5.48. The van der Waals surface area contributed by atoms with Crippen LogP contribution in [0.2, 0.25) is 0 Å². The molecule has 2 nitrogen and oxygen atoms in total. The highest BCUT2D eigenvalue weighted by atomic mass is 16.5. The average molecular weight is 198 g/mol. The van der Waals surface area contributed by atoms with E-state index in [0.717, 1.165) is 12.8 Å². The summed E-state index contributed by atoms with van der Waals surface area (Å²) in [6, 6.07) is 0. The van der Waals surface area contributed by atoms with Crippen LogP contribution in [-0.2, 0) is 9.53 Å². The van der Waals surface area contributed by atoms with E-state index in [2.05, 4.69) is 20.4 Å². The number of hydrogen-bond donors (Lipinski definition) is 0. The molecule has 0 bridgehead atoms. The zero-order valence-electron chi connectivity index (χ0n) is 9.58. The van der Waals surface area contributed by atoms with Gasteiger partial charge in [0.1, 0.15) is 6.10 Å². The number of rotatable bonds is 7. The Bertz CT molecular complexity index is 175. The van der Waals surface area contributed by atoms with E-state index in [1.807, 2.05) is 6.92 Å². The fraction of sp³-hybridized carbons (Fsp3) is 0.750. The highest BCUT2D eigenvalue weighted by Gasteiger charge is 2.17. The highest BCUT2D eigenvalue weighted by molar-refractivity contribution is 5.81. The summed E-state index contributed by atoms with van der Waals surface area (Å²) >= 11 is 0.